The number of esters is 1. The van der Waals surface area contributed by atoms with Crippen LogP contribution in [0.5, 0.6) is 0 Å². The van der Waals surface area contributed by atoms with E-state index in [2.05, 4.69) is 0 Å². The van der Waals surface area contributed by atoms with Crippen molar-refractivity contribution in [2.24, 2.45) is 0 Å². The van der Waals surface area contributed by atoms with Crippen molar-refractivity contribution in [1.29, 1.82) is 0 Å². The Balaban J connectivity index is 1.92. The third-order valence-electron chi connectivity index (χ3n) is 4.19. The van der Waals surface area contributed by atoms with Crippen molar-refractivity contribution in [3.8, 4) is 0 Å². The predicted molar refractivity (Wildman–Crippen MR) is 110 cm³/mol. The number of hydrogen-bond donors (Lipinski definition) is 0. The number of ether oxygens (including phenoxy) is 1. The van der Waals surface area contributed by atoms with Crippen LogP contribution in [0.15, 0.2) is 84.9 Å². The van der Waals surface area contributed by atoms with Gasteiger partial charge in [-0.25, -0.2) is 4.79 Å². The smallest absolute Gasteiger partial charge is 0.339 e. The molecule has 0 heterocycles. The van der Waals surface area contributed by atoms with Crippen LogP contribution < -0.4 is 0 Å². The molecule has 0 amide bonds. The van der Waals surface area contributed by atoms with Crippen LogP contribution in [0.2, 0.25) is 0 Å². The molecule has 0 N–H and O–H groups in total. The molecule has 0 aliphatic carbocycles. The molecule has 0 fully saturated rings. The number of nitro groups is 2. The maximum Gasteiger partial charge on any atom is 0.339 e. The lowest BCUT2D eigenvalue weighted by Gasteiger charge is -2.15. The molecule has 8 heteroatoms. The molecule has 8 nitrogen and oxygen atoms in total. The van der Waals surface area contributed by atoms with E-state index >= 15 is 0 Å². The number of hydrogen-bond acceptors (Lipinski definition) is 6. The zero-order valence-corrected chi connectivity index (χ0v) is 15.6. The molecule has 0 spiro atoms. The zero-order valence-electron chi connectivity index (χ0n) is 15.6. The molecule has 3 rings (SSSR count). The third kappa shape index (κ3) is 5.14. The minimum Gasteiger partial charge on any atom is -0.450 e. The molecule has 0 aliphatic heterocycles. The summed E-state index contributed by atoms with van der Waals surface area (Å²) in [5.41, 5.74) is 0.169. The van der Waals surface area contributed by atoms with E-state index in [1.54, 1.807) is 36.4 Å². The maximum absolute atomic E-state index is 12.7. The molecule has 3 aromatic rings. The van der Waals surface area contributed by atoms with E-state index in [-0.39, 0.29) is 5.56 Å². The van der Waals surface area contributed by atoms with Gasteiger partial charge in [-0.2, -0.15) is 0 Å². The van der Waals surface area contributed by atoms with Gasteiger partial charge in [0.25, 0.3) is 11.4 Å². The second kappa shape index (κ2) is 9.24. The van der Waals surface area contributed by atoms with Crippen LogP contribution in [0.3, 0.4) is 0 Å². The normalized spacial score (nSPS) is 11.7. The van der Waals surface area contributed by atoms with Gasteiger partial charge in [-0.3, -0.25) is 20.2 Å². The van der Waals surface area contributed by atoms with E-state index in [1.807, 2.05) is 36.4 Å². The van der Waals surface area contributed by atoms with Gasteiger partial charge in [-0.1, -0.05) is 66.7 Å². The maximum atomic E-state index is 12.7. The highest BCUT2D eigenvalue weighted by Crippen LogP contribution is 2.26. The third-order valence-corrected chi connectivity index (χ3v) is 4.19. The molecule has 30 heavy (non-hydrogen) atoms. The van der Waals surface area contributed by atoms with Crippen LogP contribution in [0.1, 0.15) is 27.6 Å². The monoisotopic (exact) mass is 404 g/mol. The summed E-state index contributed by atoms with van der Waals surface area (Å²) in [6, 6.07) is 21.0. The van der Waals surface area contributed by atoms with Crippen molar-refractivity contribution >= 4 is 23.4 Å². The Morgan fingerprint density at radius 2 is 1.37 bits per heavy atom. The number of nitrogens with zero attached hydrogens (tertiary/aromatic N) is 2. The standard InChI is InChI=1S/C22H16N2O6/c25-22(18-13-19(23(26)27)15-20(14-18)24(28)29)30-21(17-9-5-2-6-10-17)12-11-16-7-3-1-4-8-16/h1-15,21H/b12-11+. The van der Waals surface area contributed by atoms with Gasteiger partial charge in [0.15, 0.2) is 0 Å². The first-order valence-corrected chi connectivity index (χ1v) is 8.87. The highest BCUT2D eigenvalue weighted by Gasteiger charge is 2.23. The Morgan fingerprint density at radius 3 is 1.90 bits per heavy atom. The molecule has 3 aromatic carbocycles. The van der Waals surface area contributed by atoms with Crippen LogP contribution >= 0.6 is 0 Å². The summed E-state index contributed by atoms with van der Waals surface area (Å²) in [5.74, 6) is -0.909. The Labute approximate surface area is 171 Å². The largest absolute Gasteiger partial charge is 0.450 e. The number of carbonyl (C=O) groups excluding carboxylic acids is 1. The highest BCUT2D eigenvalue weighted by atomic mass is 16.6. The van der Waals surface area contributed by atoms with Gasteiger partial charge >= 0.3 is 5.97 Å². The molecule has 0 radical (unpaired) electrons. The first-order chi connectivity index (χ1) is 14.4. The average Bonchev–Trinajstić information content (AvgIpc) is 2.77. The summed E-state index contributed by atoms with van der Waals surface area (Å²) in [4.78, 5) is 33.2. The Morgan fingerprint density at radius 1 is 0.833 bits per heavy atom. The SMILES string of the molecule is O=C(OC(/C=C/c1ccccc1)c1ccccc1)c1cc([N+](=O)[O-])cc([N+](=O)[O-])c1. The van der Waals surface area contributed by atoms with Crippen molar-refractivity contribution in [2.45, 2.75) is 6.10 Å². The van der Waals surface area contributed by atoms with Crippen LogP contribution in [0.25, 0.3) is 6.08 Å². The Bertz CT molecular complexity index is 1060. The Hall–Kier alpha value is -4.33. The molecule has 0 saturated carbocycles. The van der Waals surface area contributed by atoms with E-state index in [9.17, 15) is 25.0 Å². The zero-order chi connectivity index (χ0) is 21.5. The van der Waals surface area contributed by atoms with E-state index in [0.717, 1.165) is 23.8 Å². The summed E-state index contributed by atoms with van der Waals surface area (Å²) in [6.07, 6.45) is 2.66. The summed E-state index contributed by atoms with van der Waals surface area (Å²) in [7, 11) is 0. The Kier molecular flexibility index (Phi) is 6.29. The van der Waals surface area contributed by atoms with Crippen molar-refractivity contribution in [3.05, 3.63) is 122 Å². The molecule has 0 aromatic heterocycles. The lowest BCUT2D eigenvalue weighted by atomic mass is 10.1. The summed E-state index contributed by atoms with van der Waals surface area (Å²) < 4.78 is 5.54. The molecule has 1 atom stereocenters. The fourth-order valence-corrected chi connectivity index (χ4v) is 2.73. The van der Waals surface area contributed by atoms with Gasteiger partial charge in [-0.15, -0.1) is 0 Å². The van der Waals surface area contributed by atoms with Crippen molar-refractivity contribution in [1.82, 2.24) is 0 Å². The molecule has 150 valence electrons. The van der Waals surface area contributed by atoms with Gasteiger partial charge in [-0.05, 0) is 17.2 Å². The van der Waals surface area contributed by atoms with Crippen molar-refractivity contribution < 1.29 is 19.4 Å². The second-order valence-electron chi connectivity index (χ2n) is 6.26. The number of non-ortho nitro benzene ring substituents is 2. The van der Waals surface area contributed by atoms with Crippen molar-refractivity contribution in [2.75, 3.05) is 0 Å². The fraction of sp³-hybridized carbons (Fsp3) is 0.0455. The molecular formula is C22H16N2O6. The first-order valence-electron chi connectivity index (χ1n) is 8.87. The minimum absolute atomic E-state index is 0.273. The quantitative estimate of drug-likeness (QED) is 0.307. The minimum atomic E-state index is -0.909. The van der Waals surface area contributed by atoms with Gasteiger partial charge in [0, 0.05) is 12.1 Å². The van der Waals surface area contributed by atoms with E-state index < -0.39 is 33.3 Å². The van der Waals surface area contributed by atoms with Gasteiger partial charge in [0.05, 0.1) is 21.5 Å². The average molecular weight is 404 g/mol. The van der Waals surface area contributed by atoms with Crippen LogP contribution in [-0.2, 0) is 4.74 Å². The van der Waals surface area contributed by atoms with Gasteiger partial charge < -0.3 is 4.74 Å². The molecule has 0 saturated heterocycles. The topological polar surface area (TPSA) is 113 Å². The van der Waals surface area contributed by atoms with Gasteiger partial charge in [0.1, 0.15) is 6.10 Å². The molecular weight excluding hydrogens is 388 g/mol. The number of nitro benzene ring substituents is 2. The summed E-state index contributed by atoms with van der Waals surface area (Å²) in [5, 5.41) is 22.1. The highest BCUT2D eigenvalue weighted by molar-refractivity contribution is 5.91. The molecule has 0 bridgehead atoms. The first kappa shape index (κ1) is 20.4. The predicted octanol–water partition coefficient (Wildman–Crippen LogP) is 5.11. The molecule has 1 unspecified atom stereocenters. The summed E-state index contributed by atoms with van der Waals surface area (Å²) in [6.45, 7) is 0. The number of benzene rings is 3. The fourth-order valence-electron chi connectivity index (χ4n) is 2.73. The lowest BCUT2D eigenvalue weighted by molar-refractivity contribution is -0.394. The van der Waals surface area contributed by atoms with E-state index in [4.69, 9.17) is 4.74 Å². The van der Waals surface area contributed by atoms with Crippen LogP contribution in [0, 0.1) is 20.2 Å². The summed E-state index contributed by atoms with van der Waals surface area (Å²) >= 11 is 0. The van der Waals surface area contributed by atoms with Gasteiger partial charge in [0.2, 0.25) is 0 Å². The number of rotatable bonds is 7. The van der Waals surface area contributed by atoms with Crippen LogP contribution in [-0.4, -0.2) is 15.8 Å². The van der Waals surface area contributed by atoms with E-state index in [1.165, 1.54) is 0 Å². The number of carbonyl (C=O) groups is 1. The second-order valence-corrected chi connectivity index (χ2v) is 6.26. The van der Waals surface area contributed by atoms with E-state index in [0.29, 0.717) is 5.56 Å². The lowest BCUT2D eigenvalue weighted by Crippen LogP contribution is -2.11. The molecule has 0 aliphatic rings. The van der Waals surface area contributed by atoms with Crippen LogP contribution in [0.4, 0.5) is 11.4 Å². The van der Waals surface area contributed by atoms with Crippen molar-refractivity contribution in [3.63, 3.8) is 0 Å².